The van der Waals surface area contributed by atoms with E-state index in [1.807, 2.05) is 35.7 Å². The van der Waals surface area contributed by atoms with Crippen molar-refractivity contribution in [1.82, 2.24) is 9.97 Å². The number of hydrogen-bond acceptors (Lipinski definition) is 6. The van der Waals surface area contributed by atoms with Gasteiger partial charge in [-0.15, -0.1) is 22.7 Å². The summed E-state index contributed by atoms with van der Waals surface area (Å²) in [5, 5.41) is 5.11. The molecule has 4 rings (SSSR count). The minimum absolute atomic E-state index is 0.185. The molecule has 10 heteroatoms. The van der Waals surface area contributed by atoms with Crippen LogP contribution in [0.3, 0.4) is 0 Å². The molecule has 32 heavy (non-hydrogen) atoms. The second-order valence-electron chi connectivity index (χ2n) is 6.71. The fraction of sp³-hybridized carbons (Fsp3) is 0.136. The van der Waals surface area contributed by atoms with Crippen molar-refractivity contribution in [2.75, 3.05) is 11.1 Å². The molecule has 0 saturated heterocycles. The molecule has 2 heterocycles. The maximum Gasteiger partial charge on any atom is 0.416 e. The van der Waals surface area contributed by atoms with Gasteiger partial charge in [-0.05, 0) is 11.6 Å². The van der Waals surface area contributed by atoms with Crippen molar-refractivity contribution in [3.8, 4) is 11.3 Å². The molecule has 0 unspecified atom stereocenters. The van der Waals surface area contributed by atoms with Gasteiger partial charge in [0.05, 0.1) is 17.0 Å². The Morgan fingerprint density at radius 1 is 1.09 bits per heavy atom. The maximum absolute atomic E-state index is 12.9. The predicted octanol–water partition coefficient (Wildman–Crippen LogP) is 6.61. The Hall–Kier alpha value is -2.69. The van der Waals surface area contributed by atoms with E-state index in [1.165, 1.54) is 40.5 Å². The Labute approximate surface area is 194 Å². The van der Waals surface area contributed by atoms with Gasteiger partial charge in [0.1, 0.15) is 0 Å². The first-order valence-corrected chi connectivity index (χ1v) is 12.1. The average molecular weight is 492 g/mol. The first-order chi connectivity index (χ1) is 15.4. The number of amides is 1. The van der Waals surface area contributed by atoms with E-state index < -0.39 is 11.7 Å². The Bertz CT molecular complexity index is 1210. The Balaban J connectivity index is 1.30. The number of nitrogens with zero attached hydrogens (tertiary/aromatic N) is 2. The smallest absolute Gasteiger partial charge is 0.301 e. The van der Waals surface area contributed by atoms with Crippen molar-refractivity contribution in [3.05, 3.63) is 82.2 Å². The van der Waals surface area contributed by atoms with Crippen molar-refractivity contribution >= 4 is 45.5 Å². The topological polar surface area (TPSA) is 54.9 Å². The summed E-state index contributed by atoms with van der Waals surface area (Å²) in [6.07, 6.45) is -2.49. The monoisotopic (exact) mass is 491 g/mol. The van der Waals surface area contributed by atoms with Gasteiger partial charge >= 0.3 is 6.18 Å². The van der Waals surface area contributed by atoms with E-state index in [0.717, 1.165) is 32.6 Å². The summed E-state index contributed by atoms with van der Waals surface area (Å²) >= 11 is 4.07. The molecule has 1 amide bonds. The quantitative estimate of drug-likeness (QED) is 0.296. The molecule has 0 fully saturated rings. The predicted molar refractivity (Wildman–Crippen MR) is 123 cm³/mol. The van der Waals surface area contributed by atoms with Crippen LogP contribution in [0.1, 0.15) is 16.0 Å². The molecular formula is C22H16F3N3OS3. The van der Waals surface area contributed by atoms with Crippen LogP contribution in [0.4, 0.5) is 18.3 Å². The highest BCUT2D eigenvalue weighted by Crippen LogP contribution is 2.31. The number of halogens is 3. The molecule has 0 saturated carbocycles. The van der Waals surface area contributed by atoms with Crippen LogP contribution in [0.5, 0.6) is 0 Å². The molecule has 4 nitrogen and oxygen atoms in total. The summed E-state index contributed by atoms with van der Waals surface area (Å²) in [7, 11) is 0. The molecular weight excluding hydrogens is 475 g/mol. The lowest BCUT2D eigenvalue weighted by Gasteiger charge is -2.07. The molecule has 0 bridgehead atoms. The molecule has 1 N–H and O–H groups in total. The highest BCUT2D eigenvalue weighted by molar-refractivity contribution is 8.01. The largest absolute Gasteiger partial charge is 0.416 e. The van der Waals surface area contributed by atoms with Crippen molar-refractivity contribution in [3.63, 3.8) is 0 Å². The van der Waals surface area contributed by atoms with Gasteiger partial charge in [-0.2, -0.15) is 13.2 Å². The number of nitrogens with one attached hydrogen (secondary N) is 1. The first-order valence-electron chi connectivity index (χ1n) is 9.41. The van der Waals surface area contributed by atoms with Crippen LogP contribution >= 0.6 is 34.4 Å². The summed E-state index contributed by atoms with van der Waals surface area (Å²) in [6, 6.07) is 15.0. The number of benzene rings is 2. The third-order valence-corrected chi connectivity index (χ3v) is 7.25. The molecule has 0 aliphatic rings. The van der Waals surface area contributed by atoms with E-state index in [0.29, 0.717) is 17.1 Å². The number of alkyl halides is 3. The van der Waals surface area contributed by atoms with Crippen molar-refractivity contribution < 1.29 is 18.0 Å². The molecule has 4 aromatic rings. The normalized spacial score (nSPS) is 11.5. The van der Waals surface area contributed by atoms with Crippen LogP contribution < -0.4 is 5.32 Å². The number of rotatable bonds is 7. The van der Waals surface area contributed by atoms with Crippen LogP contribution in [0, 0.1) is 0 Å². The van der Waals surface area contributed by atoms with E-state index in [2.05, 4.69) is 15.3 Å². The van der Waals surface area contributed by atoms with E-state index >= 15 is 0 Å². The highest BCUT2D eigenvalue weighted by Gasteiger charge is 2.30. The van der Waals surface area contributed by atoms with Crippen LogP contribution in [0.25, 0.3) is 11.3 Å². The van der Waals surface area contributed by atoms with Gasteiger partial charge in [0, 0.05) is 28.4 Å². The molecule has 2 aromatic heterocycles. The lowest BCUT2D eigenvalue weighted by atomic mass is 10.1. The molecule has 2 aromatic carbocycles. The van der Waals surface area contributed by atoms with E-state index in [1.54, 1.807) is 12.3 Å². The van der Waals surface area contributed by atoms with Crippen molar-refractivity contribution in [2.45, 2.75) is 16.9 Å². The Kier molecular flexibility index (Phi) is 6.92. The third-order valence-electron chi connectivity index (χ3n) is 4.31. The number of carbonyl (C=O) groups excluding carboxylic acids is 1. The Morgan fingerprint density at radius 3 is 2.69 bits per heavy atom. The summed E-state index contributed by atoms with van der Waals surface area (Å²) in [5.41, 5.74) is 1.76. The van der Waals surface area contributed by atoms with Crippen molar-refractivity contribution in [1.29, 1.82) is 0 Å². The zero-order valence-electron chi connectivity index (χ0n) is 16.4. The third kappa shape index (κ3) is 5.96. The highest BCUT2D eigenvalue weighted by atomic mass is 32.2. The standard InChI is InChI=1S/C22H16F3N3OS3/c23-22(24,25)16-8-4-5-14(9-16)10-17-11-26-20(32-17)28-19(29)13-31-21-27-18(12-30-21)15-6-2-1-3-7-15/h1-9,11-12H,10,13H2,(H,26,28,29). The van der Waals surface area contributed by atoms with E-state index in [-0.39, 0.29) is 11.7 Å². The summed E-state index contributed by atoms with van der Waals surface area (Å²) in [6.45, 7) is 0. The lowest BCUT2D eigenvalue weighted by molar-refractivity contribution is -0.137. The lowest BCUT2D eigenvalue weighted by Crippen LogP contribution is -2.13. The first kappa shape index (κ1) is 22.5. The summed E-state index contributed by atoms with van der Waals surface area (Å²) < 4.78 is 39.4. The molecule has 164 valence electrons. The van der Waals surface area contributed by atoms with Crippen LogP contribution in [0.15, 0.2) is 70.5 Å². The van der Waals surface area contributed by atoms with Gasteiger partial charge in [0.2, 0.25) is 5.91 Å². The zero-order chi connectivity index (χ0) is 22.6. The molecule has 0 spiro atoms. The zero-order valence-corrected chi connectivity index (χ0v) is 18.9. The minimum atomic E-state index is -4.38. The second-order valence-corrected chi connectivity index (χ2v) is 9.90. The number of thiazole rings is 2. The number of hydrogen-bond donors (Lipinski definition) is 1. The van der Waals surface area contributed by atoms with Gasteiger partial charge < -0.3 is 5.32 Å². The fourth-order valence-electron chi connectivity index (χ4n) is 2.85. The second kappa shape index (κ2) is 9.85. The number of anilines is 1. The van der Waals surface area contributed by atoms with Crippen LogP contribution in [-0.2, 0) is 17.4 Å². The van der Waals surface area contributed by atoms with Crippen LogP contribution in [0.2, 0.25) is 0 Å². The molecule has 0 aliphatic heterocycles. The summed E-state index contributed by atoms with van der Waals surface area (Å²) in [4.78, 5) is 21.7. The van der Waals surface area contributed by atoms with Crippen LogP contribution in [-0.4, -0.2) is 21.6 Å². The SMILES string of the molecule is O=C(CSc1nc(-c2ccccc2)cs1)Nc1ncc(Cc2cccc(C(F)(F)F)c2)s1. The number of thioether (sulfide) groups is 1. The van der Waals surface area contributed by atoms with Gasteiger partial charge in [-0.3, -0.25) is 4.79 Å². The van der Waals surface area contributed by atoms with E-state index in [4.69, 9.17) is 0 Å². The molecule has 0 aliphatic carbocycles. The summed E-state index contributed by atoms with van der Waals surface area (Å²) in [5.74, 6) is -0.0315. The van der Waals surface area contributed by atoms with Gasteiger partial charge in [0.15, 0.2) is 9.47 Å². The molecule has 0 atom stereocenters. The minimum Gasteiger partial charge on any atom is -0.301 e. The molecule has 0 radical (unpaired) electrons. The maximum atomic E-state index is 12.9. The van der Waals surface area contributed by atoms with E-state index in [9.17, 15) is 18.0 Å². The fourth-order valence-corrected chi connectivity index (χ4v) is 5.35. The number of aromatic nitrogens is 2. The van der Waals surface area contributed by atoms with Crippen molar-refractivity contribution in [2.24, 2.45) is 0 Å². The number of carbonyl (C=O) groups is 1. The van der Waals surface area contributed by atoms with Gasteiger partial charge in [0.25, 0.3) is 0 Å². The van der Waals surface area contributed by atoms with Gasteiger partial charge in [-0.25, -0.2) is 9.97 Å². The average Bonchev–Trinajstić information content (AvgIpc) is 3.42. The van der Waals surface area contributed by atoms with Gasteiger partial charge in [-0.1, -0.05) is 60.3 Å². The Morgan fingerprint density at radius 2 is 1.91 bits per heavy atom.